The van der Waals surface area contributed by atoms with E-state index in [1.807, 2.05) is 4.90 Å². The average Bonchev–Trinajstić information content (AvgIpc) is 2.63. The molecule has 2 atom stereocenters. The van der Waals surface area contributed by atoms with Crippen LogP contribution in [0.4, 0.5) is 0 Å². The van der Waals surface area contributed by atoms with Crippen LogP contribution in [0.2, 0.25) is 0 Å². The third-order valence-corrected chi connectivity index (χ3v) is 5.60. The minimum absolute atomic E-state index is 0. The Morgan fingerprint density at radius 1 is 1.10 bits per heavy atom. The molecule has 1 aliphatic carbocycles. The van der Waals surface area contributed by atoms with Gasteiger partial charge in [-0.15, -0.1) is 12.4 Å². The second-order valence-corrected chi connectivity index (χ2v) is 7.95. The Kier molecular flexibility index (Phi) is 6.90. The van der Waals surface area contributed by atoms with Crippen molar-refractivity contribution in [1.29, 1.82) is 0 Å². The van der Waals surface area contributed by atoms with Gasteiger partial charge >= 0.3 is 0 Å². The molecule has 1 amide bonds. The van der Waals surface area contributed by atoms with Crippen molar-refractivity contribution in [2.45, 2.75) is 38.1 Å². The van der Waals surface area contributed by atoms with E-state index in [-0.39, 0.29) is 30.3 Å². The van der Waals surface area contributed by atoms with Crippen molar-refractivity contribution < 1.29 is 13.2 Å². The lowest BCUT2D eigenvalue weighted by atomic mass is 9.85. The lowest BCUT2D eigenvalue weighted by Gasteiger charge is -2.30. The van der Waals surface area contributed by atoms with Crippen molar-refractivity contribution in [2.75, 3.05) is 32.4 Å². The Hall–Kier alpha value is -0.370. The molecule has 1 saturated carbocycles. The van der Waals surface area contributed by atoms with Gasteiger partial charge in [-0.3, -0.25) is 4.79 Å². The van der Waals surface area contributed by atoms with Crippen LogP contribution in [0.3, 0.4) is 0 Å². The molecule has 2 rings (SSSR count). The summed E-state index contributed by atoms with van der Waals surface area (Å²) in [5.41, 5.74) is 5.94. The summed E-state index contributed by atoms with van der Waals surface area (Å²) in [6, 6.07) is 0.136. The molecule has 0 aromatic rings. The van der Waals surface area contributed by atoms with E-state index < -0.39 is 10.0 Å². The van der Waals surface area contributed by atoms with Crippen LogP contribution in [0.15, 0.2) is 0 Å². The zero-order valence-electron chi connectivity index (χ0n) is 12.5. The fourth-order valence-corrected chi connectivity index (χ4v) is 4.03. The number of halogens is 1. The molecule has 2 fully saturated rings. The van der Waals surface area contributed by atoms with Crippen LogP contribution in [0, 0.1) is 5.92 Å². The Morgan fingerprint density at radius 3 is 2.43 bits per heavy atom. The summed E-state index contributed by atoms with van der Waals surface area (Å²) < 4.78 is 24.6. The van der Waals surface area contributed by atoms with Crippen LogP contribution in [0.5, 0.6) is 0 Å². The monoisotopic (exact) mass is 339 g/mol. The molecule has 6 nitrogen and oxygen atoms in total. The van der Waals surface area contributed by atoms with Gasteiger partial charge in [-0.05, 0) is 25.7 Å². The molecule has 2 unspecified atom stereocenters. The Balaban J connectivity index is 0.00000220. The predicted octanol–water partition coefficient (Wildman–Crippen LogP) is 0.420. The summed E-state index contributed by atoms with van der Waals surface area (Å²) in [4.78, 5) is 14.3. The highest BCUT2D eigenvalue weighted by Gasteiger charge is 2.30. The standard InChI is InChI=1S/C13H25N3O3S.ClH/c1-20(18,19)16-7-3-6-15(8-9-16)13(17)11-4-2-5-12(14)10-11;/h11-12H,2-10,14H2,1H3;1H. The van der Waals surface area contributed by atoms with E-state index in [1.165, 1.54) is 10.6 Å². The summed E-state index contributed by atoms with van der Waals surface area (Å²) in [6.07, 6.45) is 5.64. The molecule has 1 aliphatic heterocycles. The lowest BCUT2D eigenvalue weighted by molar-refractivity contribution is -0.136. The predicted molar refractivity (Wildman–Crippen MR) is 84.8 cm³/mol. The first-order chi connectivity index (χ1) is 9.38. The number of nitrogens with two attached hydrogens (primary N) is 1. The normalized spacial score (nSPS) is 28.6. The number of rotatable bonds is 2. The second kappa shape index (κ2) is 7.76. The fourth-order valence-electron chi connectivity index (χ4n) is 3.16. The van der Waals surface area contributed by atoms with Crippen LogP contribution >= 0.6 is 12.4 Å². The number of amides is 1. The molecular formula is C13H26ClN3O3S. The Labute approximate surface area is 133 Å². The zero-order valence-corrected chi connectivity index (χ0v) is 14.2. The van der Waals surface area contributed by atoms with E-state index in [4.69, 9.17) is 5.73 Å². The van der Waals surface area contributed by atoms with Crippen molar-refractivity contribution in [3.05, 3.63) is 0 Å². The number of carbonyl (C=O) groups is 1. The number of carbonyl (C=O) groups excluding carboxylic acids is 1. The maximum atomic E-state index is 12.5. The van der Waals surface area contributed by atoms with E-state index in [0.29, 0.717) is 32.6 Å². The van der Waals surface area contributed by atoms with E-state index in [9.17, 15) is 13.2 Å². The molecule has 2 aliphatic rings. The van der Waals surface area contributed by atoms with Crippen molar-refractivity contribution in [3.8, 4) is 0 Å². The molecule has 21 heavy (non-hydrogen) atoms. The summed E-state index contributed by atoms with van der Waals surface area (Å²) >= 11 is 0. The van der Waals surface area contributed by atoms with Gasteiger partial charge in [0.2, 0.25) is 15.9 Å². The highest BCUT2D eigenvalue weighted by molar-refractivity contribution is 7.88. The Morgan fingerprint density at radius 2 is 1.81 bits per heavy atom. The lowest BCUT2D eigenvalue weighted by Crippen LogP contribution is -2.42. The maximum absolute atomic E-state index is 12.5. The largest absolute Gasteiger partial charge is 0.341 e. The number of hydrogen-bond acceptors (Lipinski definition) is 4. The first-order valence-corrected chi connectivity index (χ1v) is 9.22. The minimum Gasteiger partial charge on any atom is -0.341 e. The van der Waals surface area contributed by atoms with Crippen LogP contribution in [-0.2, 0) is 14.8 Å². The molecule has 0 radical (unpaired) electrons. The SMILES string of the molecule is CS(=O)(=O)N1CCCN(C(=O)C2CCCC(N)C2)CC1.Cl. The summed E-state index contributed by atoms with van der Waals surface area (Å²) in [7, 11) is -3.16. The van der Waals surface area contributed by atoms with Gasteiger partial charge in [-0.2, -0.15) is 0 Å². The quantitative estimate of drug-likeness (QED) is 0.790. The molecule has 1 heterocycles. The number of sulfonamides is 1. The van der Waals surface area contributed by atoms with Gasteiger partial charge in [-0.1, -0.05) is 6.42 Å². The van der Waals surface area contributed by atoms with Gasteiger partial charge in [0.25, 0.3) is 0 Å². The highest BCUT2D eigenvalue weighted by Crippen LogP contribution is 2.25. The van der Waals surface area contributed by atoms with Gasteiger partial charge in [0.1, 0.15) is 0 Å². The minimum atomic E-state index is -3.16. The molecule has 8 heteroatoms. The van der Waals surface area contributed by atoms with E-state index in [0.717, 1.165) is 25.7 Å². The molecule has 0 aromatic heterocycles. The molecule has 124 valence electrons. The first kappa shape index (κ1) is 18.7. The maximum Gasteiger partial charge on any atom is 0.225 e. The van der Waals surface area contributed by atoms with Crippen LogP contribution in [-0.4, -0.2) is 62.0 Å². The third-order valence-electron chi connectivity index (χ3n) is 4.30. The van der Waals surface area contributed by atoms with E-state index in [1.54, 1.807) is 0 Å². The second-order valence-electron chi connectivity index (χ2n) is 5.96. The van der Waals surface area contributed by atoms with Gasteiger partial charge in [0, 0.05) is 38.1 Å². The first-order valence-electron chi connectivity index (χ1n) is 7.37. The topological polar surface area (TPSA) is 83.7 Å². The zero-order chi connectivity index (χ0) is 14.8. The highest BCUT2D eigenvalue weighted by atomic mass is 35.5. The molecular weight excluding hydrogens is 314 g/mol. The third kappa shape index (κ3) is 5.09. The summed E-state index contributed by atoms with van der Waals surface area (Å²) in [6.45, 7) is 2.06. The summed E-state index contributed by atoms with van der Waals surface area (Å²) in [5.74, 6) is 0.194. The van der Waals surface area contributed by atoms with Crippen molar-refractivity contribution in [1.82, 2.24) is 9.21 Å². The smallest absolute Gasteiger partial charge is 0.225 e. The molecule has 0 bridgehead atoms. The van der Waals surface area contributed by atoms with Crippen LogP contribution in [0.25, 0.3) is 0 Å². The van der Waals surface area contributed by atoms with Gasteiger partial charge in [0.15, 0.2) is 0 Å². The van der Waals surface area contributed by atoms with Crippen molar-refractivity contribution in [3.63, 3.8) is 0 Å². The van der Waals surface area contributed by atoms with Crippen molar-refractivity contribution >= 4 is 28.3 Å². The van der Waals surface area contributed by atoms with Gasteiger partial charge in [-0.25, -0.2) is 12.7 Å². The molecule has 0 aromatic carbocycles. The van der Waals surface area contributed by atoms with Gasteiger partial charge in [0.05, 0.1) is 6.26 Å². The van der Waals surface area contributed by atoms with E-state index >= 15 is 0 Å². The fraction of sp³-hybridized carbons (Fsp3) is 0.923. The number of nitrogens with zero attached hydrogens (tertiary/aromatic N) is 2. The average molecular weight is 340 g/mol. The van der Waals surface area contributed by atoms with Crippen LogP contribution < -0.4 is 5.73 Å². The number of hydrogen-bond donors (Lipinski definition) is 1. The van der Waals surface area contributed by atoms with Crippen LogP contribution in [0.1, 0.15) is 32.1 Å². The summed E-state index contributed by atoms with van der Waals surface area (Å²) in [5, 5.41) is 0. The van der Waals surface area contributed by atoms with E-state index in [2.05, 4.69) is 0 Å². The molecule has 1 saturated heterocycles. The molecule has 0 spiro atoms. The van der Waals surface area contributed by atoms with Crippen molar-refractivity contribution in [2.24, 2.45) is 11.7 Å². The Bertz CT molecular complexity index is 458. The molecule has 2 N–H and O–H groups in total. The van der Waals surface area contributed by atoms with Gasteiger partial charge < -0.3 is 10.6 Å².